The lowest BCUT2D eigenvalue weighted by atomic mass is 10.3. The van der Waals surface area contributed by atoms with Gasteiger partial charge in [-0.3, -0.25) is 14.7 Å². The highest BCUT2D eigenvalue weighted by atomic mass is 35.5. The van der Waals surface area contributed by atoms with Crippen molar-refractivity contribution in [1.82, 2.24) is 29.8 Å². The van der Waals surface area contributed by atoms with Gasteiger partial charge >= 0.3 is 0 Å². The van der Waals surface area contributed by atoms with E-state index >= 15 is 0 Å². The number of hydrazine groups is 1. The first-order valence-corrected chi connectivity index (χ1v) is 12.0. The van der Waals surface area contributed by atoms with Crippen LogP contribution in [0.1, 0.15) is 21.2 Å². The normalized spacial score (nSPS) is 14.7. The Kier molecular flexibility index (Phi) is 7.85. The largest absolute Gasteiger partial charge is 0.395 e. The predicted octanol–water partition coefficient (Wildman–Crippen LogP) is 2.53. The molecule has 4 rings (SSSR count). The Hall–Kier alpha value is -2.90. The van der Waals surface area contributed by atoms with E-state index in [0.717, 1.165) is 26.2 Å². The molecule has 0 aliphatic carbocycles. The fourth-order valence-electron chi connectivity index (χ4n) is 3.48. The molecule has 3 aromatic heterocycles. The molecule has 0 atom stereocenters. The van der Waals surface area contributed by atoms with Crippen LogP contribution in [0.15, 0.2) is 24.5 Å². The molecule has 0 bridgehead atoms. The summed E-state index contributed by atoms with van der Waals surface area (Å²) in [4.78, 5) is 32.7. The Balaban J connectivity index is 1.39. The van der Waals surface area contributed by atoms with Crippen molar-refractivity contribution in [2.75, 3.05) is 55.4 Å². The van der Waals surface area contributed by atoms with Crippen LogP contribution in [0.25, 0.3) is 0 Å². The van der Waals surface area contributed by atoms with Crippen molar-refractivity contribution in [1.29, 1.82) is 0 Å². The van der Waals surface area contributed by atoms with E-state index in [2.05, 4.69) is 45.9 Å². The maximum atomic E-state index is 12.7. The number of nitrogens with one attached hydrogen (secondary N) is 3. The number of amides is 1. The smallest absolute Gasteiger partial charge is 0.267 e. The van der Waals surface area contributed by atoms with Gasteiger partial charge in [0.05, 0.1) is 29.2 Å². The van der Waals surface area contributed by atoms with E-state index in [1.165, 1.54) is 17.5 Å². The van der Waals surface area contributed by atoms with E-state index in [9.17, 15) is 4.79 Å². The van der Waals surface area contributed by atoms with Crippen molar-refractivity contribution in [3.63, 3.8) is 0 Å². The minimum atomic E-state index is -0.315. The number of aryl methyl sites for hydroxylation is 2. The minimum absolute atomic E-state index is 0.171. The molecule has 0 aromatic carbocycles. The molecule has 1 amide bonds. The maximum Gasteiger partial charge on any atom is 0.267 e. The second-order valence-corrected chi connectivity index (χ2v) is 9.15. The van der Waals surface area contributed by atoms with Gasteiger partial charge in [0.2, 0.25) is 0 Å². The quantitative estimate of drug-likeness (QED) is 0.363. The van der Waals surface area contributed by atoms with Crippen LogP contribution >= 0.6 is 22.9 Å². The number of aliphatic hydroxyl groups is 1. The van der Waals surface area contributed by atoms with Crippen LogP contribution in [0.2, 0.25) is 5.02 Å². The second-order valence-electron chi connectivity index (χ2n) is 7.71. The Bertz CT molecular complexity index is 1130. The van der Waals surface area contributed by atoms with E-state index in [-0.39, 0.29) is 12.5 Å². The van der Waals surface area contributed by atoms with Gasteiger partial charge in [0.15, 0.2) is 5.13 Å². The fraction of sp³-hybridized carbons (Fsp3) is 0.381. The summed E-state index contributed by atoms with van der Waals surface area (Å²) in [6.45, 7) is 7.83. The van der Waals surface area contributed by atoms with Crippen LogP contribution in [0, 0.1) is 13.8 Å². The van der Waals surface area contributed by atoms with Crippen molar-refractivity contribution in [3.8, 4) is 0 Å². The lowest BCUT2D eigenvalue weighted by molar-refractivity contribution is 0.103. The third-order valence-electron chi connectivity index (χ3n) is 5.19. The number of halogens is 1. The summed E-state index contributed by atoms with van der Waals surface area (Å²) in [6, 6.07) is 3.43. The van der Waals surface area contributed by atoms with E-state index in [1.807, 2.05) is 6.92 Å². The van der Waals surface area contributed by atoms with Gasteiger partial charge in [0.1, 0.15) is 22.3 Å². The molecule has 0 unspecified atom stereocenters. The number of carbonyl (C=O) groups is 1. The Morgan fingerprint density at radius 3 is 2.68 bits per heavy atom. The highest BCUT2D eigenvalue weighted by Crippen LogP contribution is 2.27. The lowest BCUT2D eigenvalue weighted by Gasteiger charge is -2.34. The summed E-state index contributed by atoms with van der Waals surface area (Å²) in [7, 11) is 0. The Labute approximate surface area is 206 Å². The first-order valence-electron chi connectivity index (χ1n) is 10.8. The number of aliphatic hydroxyl groups excluding tert-OH is 1. The molecule has 3 aromatic rings. The number of hydrogen-bond donors (Lipinski definition) is 4. The average Bonchev–Trinajstić information content (AvgIpc) is 3.26. The number of carbonyl (C=O) groups excluding carboxylic acids is 1. The standard InChI is InChI=1S/C21H26ClN9O2S/c1-13-19(15(22)3-4-23-13)28-20(33)16-12-24-21(34-16)27-17-11-18(26-14(2)25-17)29-31-7-5-30(6-8-31)9-10-32/h3-4,11-12,32H,5-10H2,1-2H3,(H,28,33)(H2,24,25,26,27,29). The van der Waals surface area contributed by atoms with Crippen LogP contribution in [-0.2, 0) is 0 Å². The number of aromatic nitrogens is 4. The molecular weight excluding hydrogens is 478 g/mol. The molecule has 0 saturated carbocycles. The van der Waals surface area contributed by atoms with Gasteiger partial charge in [-0.2, -0.15) is 0 Å². The van der Waals surface area contributed by atoms with Crippen molar-refractivity contribution >= 4 is 51.3 Å². The van der Waals surface area contributed by atoms with Crippen LogP contribution in [0.3, 0.4) is 0 Å². The molecule has 4 heterocycles. The Morgan fingerprint density at radius 1 is 1.18 bits per heavy atom. The van der Waals surface area contributed by atoms with Gasteiger partial charge in [-0.25, -0.2) is 20.0 Å². The SMILES string of the molecule is Cc1nc(Nc2ncc(C(=O)Nc3c(Cl)ccnc3C)s2)cc(NN2CCN(CCO)CC2)n1. The molecule has 0 radical (unpaired) electrons. The molecule has 1 aliphatic heterocycles. The van der Waals surface area contributed by atoms with Crippen molar-refractivity contribution in [2.24, 2.45) is 0 Å². The third-order valence-corrected chi connectivity index (χ3v) is 6.42. The van der Waals surface area contributed by atoms with Crippen LogP contribution in [0.5, 0.6) is 0 Å². The number of β-amino-alcohol motifs (C(OH)–C–C–N with tert-alkyl or cyclic N) is 1. The summed E-state index contributed by atoms with van der Waals surface area (Å²) < 4.78 is 0. The van der Waals surface area contributed by atoms with E-state index in [1.54, 1.807) is 25.3 Å². The van der Waals surface area contributed by atoms with Gasteiger partial charge in [0, 0.05) is 45.0 Å². The second kappa shape index (κ2) is 11.0. The van der Waals surface area contributed by atoms with Gasteiger partial charge < -0.3 is 21.2 Å². The number of rotatable bonds is 8. The van der Waals surface area contributed by atoms with Crippen molar-refractivity contribution in [3.05, 3.63) is 45.9 Å². The summed E-state index contributed by atoms with van der Waals surface area (Å²) >= 11 is 7.38. The zero-order valence-electron chi connectivity index (χ0n) is 18.9. The molecule has 13 heteroatoms. The molecule has 1 aliphatic rings. The van der Waals surface area contributed by atoms with Gasteiger partial charge in [-0.15, -0.1) is 0 Å². The lowest BCUT2D eigenvalue weighted by Crippen LogP contribution is -2.49. The predicted molar refractivity (Wildman–Crippen MR) is 133 cm³/mol. The fourth-order valence-corrected chi connectivity index (χ4v) is 4.44. The van der Waals surface area contributed by atoms with Crippen molar-refractivity contribution in [2.45, 2.75) is 13.8 Å². The first-order chi connectivity index (χ1) is 16.4. The minimum Gasteiger partial charge on any atom is -0.395 e. The summed E-state index contributed by atoms with van der Waals surface area (Å²) in [5.41, 5.74) is 4.44. The van der Waals surface area contributed by atoms with Crippen LogP contribution in [-0.4, -0.2) is 80.2 Å². The highest BCUT2D eigenvalue weighted by molar-refractivity contribution is 7.17. The molecule has 1 fully saturated rings. The number of anilines is 4. The zero-order valence-corrected chi connectivity index (χ0v) is 20.4. The maximum absolute atomic E-state index is 12.7. The van der Waals surface area contributed by atoms with Crippen molar-refractivity contribution < 1.29 is 9.90 Å². The van der Waals surface area contributed by atoms with E-state index in [0.29, 0.717) is 50.4 Å². The highest BCUT2D eigenvalue weighted by Gasteiger charge is 2.18. The topological polar surface area (TPSA) is 131 Å². The number of nitrogens with zero attached hydrogens (tertiary/aromatic N) is 6. The molecule has 1 saturated heterocycles. The summed E-state index contributed by atoms with van der Waals surface area (Å²) in [6.07, 6.45) is 3.09. The number of pyridine rings is 1. The van der Waals surface area contributed by atoms with Crippen LogP contribution in [0.4, 0.5) is 22.5 Å². The molecule has 0 spiro atoms. The molecule has 11 nitrogen and oxygen atoms in total. The molecular formula is C21H26ClN9O2S. The van der Waals surface area contributed by atoms with E-state index in [4.69, 9.17) is 16.7 Å². The number of hydrogen-bond acceptors (Lipinski definition) is 11. The zero-order chi connectivity index (χ0) is 24.1. The van der Waals surface area contributed by atoms with Crippen LogP contribution < -0.4 is 16.1 Å². The molecule has 4 N–H and O–H groups in total. The molecule has 34 heavy (non-hydrogen) atoms. The number of piperazine rings is 1. The number of thiazole rings is 1. The summed E-state index contributed by atoms with van der Waals surface area (Å²) in [5, 5.41) is 18.1. The Morgan fingerprint density at radius 2 is 1.94 bits per heavy atom. The molecule has 180 valence electrons. The van der Waals surface area contributed by atoms with Gasteiger partial charge in [-0.1, -0.05) is 22.9 Å². The average molecular weight is 504 g/mol. The first kappa shape index (κ1) is 24.2. The van der Waals surface area contributed by atoms with Gasteiger partial charge in [-0.05, 0) is 19.9 Å². The van der Waals surface area contributed by atoms with Gasteiger partial charge in [0.25, 0.3) is 5.91 Å². The monoisotopic (exact) mass is 503 g/mol. The third kappa shape index (κ3) is 6.15. The van der Waals surface area contributed by atoms with E-state index < -0.39 is 0 Å². The summed E-state index contributed by atoms with van der Waals surface area (Å²) in [5.74, 6) is 1.52.